The number of nitrogens with zero attached hydrogens (tertiary/aromatic N) is 4. The van der Waals surface area contributed by atoms with E-state index in [1.165, 1.54) is 18.4 Å². The molecule has 4 aromatic rings. The predicted molar refractivity (Wildman–Crippen MR) is 140 cm³/mol. The van der Waals surface area contributed by atoms with Gasteiger partial charge in [0.2, 0.25) is 5.89 Å². The van der Waals surface area contributed by atoms with E-state index in [0.29, 0.717) is 23.6 Å². The van der Waals surface area contributed by atoms with E-state index < -0.39 is 11.7 Å². The number of para-hydroxylation sites is 1. The van der Waals surface area contributed by atoms with Gasteiger partial charge in [-0.3, -0.25) is 4.68 Å². The molecule has 0 unspecified atom stereocenters. The zero-order valence-corrected chi connectivity index (χ0v) is 21.3. The second-order valence-corrected chi connectivity index (χ2v) is 9.02. The molecule has 2 heterocycles. The van der Waals surface area contributed by atoms with Crippen LogP contribution >= 0.6 is 0 Å². The van der Waals surface area contributed by atoms with Crippen molar-refractivity contribution in [2.75, 3.05) is 0 Å². The maximum atomic E-state index is 12.7. The summed E-state index contributed by atoms with van der Waals surface area (Å²) >= 11 is 0. The van der Waals surface area contributed by atoms with Crippen LogP contribution < -0.4 is 4.74 Å². The Kier molecular flexibility index (Phi) is 9.66. The van der Waals surface area contributed by atoms with E-state index in [-0.39, 0.29) is 6.61 Å². The number of carbonyl (C=O) groups excluding carboxylic acids is 1. The number of alkyl halides is 3. The standard InChI is InChI=1S/C29H29F3N4O3/c30-29(31,32)24-14-11-22(12-15-24)13-16-28-33-26(21-39-28)20-38-27-10-2-1-7-23(27)8-3-5-17-36-19-25(34-35-36)9-4-6-18-37/h1-2,7,10-16,18-19,21H,3-6,8-9,17,20H2. The Bertz CT molecular complexity index is 1360. The van der Waals surface area contributed by atoms with Crippen LogP contribution in [0.1, 0.15) is 59.7 Å². The van der Waals surface area contributed by atoms with Crippen molar-refractivity contribution < 1.29 is 27.1 Å². The van der Waals surface area contributed by atoms with Crippen LogP contribution in [-0.2, 0) is 37.0 Å². The molecule has 4 rings (SSSR count). The van der Waals surface area contributed by atoms with Gasteiger partial charge in [-0.1, -0.05) is 35.5 Å². The lowest BCUT2D eigenvalue weighted by atomic mass is 10.1. The first-order valence-electron chi connectivity index (χ1n) is 12.7. The van der Waals surface area contributed by atoms with Gasteiger partial charge in [0, 0.05) is 25.2 Å². The van der Waals surface area contributed by atoms with Gasteiger partial charge in [0.15, 0.2) is 0 Å². The third kappa shape index (κ3) is 8.66. The molecule has 2 aromatic carbocycles. The number of halogens is 3. The highest BCUT2D eigenvalue weighted by atomic mass is 19.4. The van der Waals surface area contributed by atoms with E-state index in [2.05, 4.69) is 15.3 Å². The van der Waals surface area contributed by atoms with Crippen molar-refractivity contribution >= 4 is 18.4 Å². The molecule has 0 aliphatic heterocycles. The van der Waals surface area contributed by atoms with Gasteiger partial charge in [-0.15, -0.1) is 5.10 Å². The number of aldehydes is 1. The van der Waals surface area contributed by atoms with Crippen molar-refractivity contribution in [1.82, 2.24) is 20.0 Å². The Labute approximate surface area is 224 Å². The third-order valence-electron chi connectivity index (χ3n) is 6.00. The number of oxazole rings is 1. The number of aromatic nitrogens is 4. The lowest BCUT2D eigenvalue weighted by molar-refractivity contribution is -0.137. The third-order valence-corrected chi connectivity index (χ3v) is 6.00. The number of carbonyl (C=O) groups is 1. The predicted octanol–water partition coefficient (Wildman–Crippen LogP) is 6.58. The van der Waals surface area contributed by atoms with Crippen molar-refractivity contribution in [3.8, 4) is 5.75 Å². The smallest absolute Gasteiger partial charge is 0.416 e. The maximum Gasteiger partial charge on any atom is 0.416 e. The minimum absolute atomic E-state index is 0.223. The van der Waals surface area contributed by atoms with Crippen LogP contribution in [0.15, 0.2) is 65.4 Å². The summed E-state index contributed by atoms with van der Waals surface area (Å²) in [4.78, 5) is 14.8. The van der Waals surface area contributed by atoms with Gasteiger partial charge in [0.25, 0.3) is 0 Å². The van der Waals surface area contributed by atoms with Gasteiger partial charge in [-0.25, -0.2) is 4.98 Å². The Morgan fingerprint density at radius 3 is 2.56 bits per heavy atom. The van der Waals surface area contributed by atoms with Crippen LogP contribution in [0.25, 0.3) is 12.2 Å². The van der Waals surface area contributed by atoms with Gasteiger partial charge in [-0.05, 0) is 67.5 Å². The Morgan fingerprint density at radius 1 is 0.949 bits per heavy atom. The Hall–Kier alpha value is -4.21. The Balaban J connectivity index is 1.23. The molecule has 0 bridgehead atoms. The number of hydrogen-bond acceptors (Lipinski definition) is 6. The quantitative estimate of drug-likeness (QED) is 0.133. The minimum Gasteiger partial charge on any atom is -0.487 e. The van der Waals surface area contributed by atoms with E-state index in [4.69, 9.17) is 9.15 Å². The van der Waals surface area contributed by atoms with Gasteiger partial charge in [0.05, 0.1) is 11.3 Å². The Morgan fingerprint density at radius 2 is 1.77 bits per heavy atom. The fourth-order valence-corrected chi connectivity index (χ4v) is 3.94. The summed E-state index contributed by atoms with van der Waals surface area (Å²) in [5.74, 6) is 1.11. The van der Waals surface area contributed by atoms with Crippen LogP contribution in [0.4, 0.5) is 13.2 Å². The molecule has 0 radical (unpaired) electrons. The summed E-state index contributed by atoms with van der Waals surface area (Å²) in [6.45, 7) is 0.992. The topological polar surface area (TPSA) is 83.0 Å². The lowest BCUT2D eigenvalue weighted by Gasteiger charge is -2.10. The van der Waals surface area contributed by atoms with Crippen LogP contribution in [0, 0.1) is 0 Å². The molecule has 2 aromatic heterocycles. The molecule has 10 heteroatoms. The van der Waals surface area contributed by atoms with Gasteiger partial charge in [-0.2, -0.15) is 13.2 Å². The molecule has 0 spiro atoms. The number of unbranched alkanes of at least 4 members (excludes halogenated alkanes) is 2. The second-order valence-electron chi connectivity index (χ2n) is 9.02. The SMILES string of the molecule is O=CCCCc1cn(CCCCc2ccccc2OCc2coc(C=Cc3ccc(C(F)(F)F)cc3)n2)nn1. The van der Waals surface area contributed by atoms with Gasteiger partial charge < -0.3 is 13.9 Å². The zero-order chi connectivity index (χ0) is 27.5. The largest absolute Gasteiger partial charge is 0.487 e. The number of rotatable bonds is 14. The van der Waals surface area contributed by atoms with Crippen LogP contribution in [0.3, 0.4) is 0 Å². The molecule has 0 saturated carbocycles. The molecule has 204 valence electrons. The molecule has 0 fully saturated rings. The first kappa shape index (κ1) is 27.8. The summed E-state index contributed by atoms with van der Waals surface area (Å²) in [7, 11) is 0. The van der Waals surface area contributed by atoms with E-state index >= 15 is 0 Å². The summed E-state index contributed by atoms with van der Waals surface area (Å²) in [5.41, 5.74) is 2.51. The fraction of sp³-hybridized carbons (Fsp3) is 0.310. The minimum atomic E-state index is -4.36. The fourth-order valence-electron chi connectivity index (χ4n) is 3.94. The number of benzene rings is 2. The molecule has 7 nitrogen and oxygen atoms in total. The average molecular weight is 539 g/mol. The highest BCUT2D eigenvalue weighted by Gasteiger charge is 2.29. The van der Waals surface area contributed by atoms with Crippen molar-refractivity contribution in [3.05, 3.63) is 95.0 Å². The maximum absolute atomic E-state index is 12.7. The molecule has 39 heavy (non-hydrogen) atoms. The number of aryl methyl sites for hydroxylation is 3. The molecular formula is C29H29F3N4O3. The lowest BCUT2D eigenvalue weighted by Crippen LogP contribution is -2.03. The first-order chi connectivity index (χ1) is 18.9. The van der Waals surface area contributed by atoms with Crippen LogP contribution in [0.2, 0.25) is 0 Å². The number of ether oxygens (including phenoxy) is 1. The van der Waals surface area contributed by atoms with Crippen LogP contribution in [0.5, 0.6) is 5.75 Å². The number of hydrogen-bond donors (Lipinski definition) is 0. The van der Waals surface area contributed by atoms with E-state index in [1.54, 1.807) is 12.2 Å². The van der Waals surface area contributed by atoms with Crippen molar-refractivity contribution in [2.45, 2.75) is 57.9 Å². The van der Waals surface area contributed by atoms with Crippen molar-refractivity contribution in [1.29, 1.82) is 0 Å². The highest BCUT2D eigenvalue weighted by molar-refractivity contribution is 5.66. The molecule has 0 aliphatic rings. The first-order valence-corrected chi connectivity index (χ1v) is 12.7. The normalized spacial score (nSPS) is 11.8. The monoisotopic (exact) mass is 538 g/mol. The van der Waals surface area contributed by atoms with Crippen LogP contribution in [-0.4, -0.2) is 26.3 Å². The van der Waals surface area contributed by atoms with E-state index in [1.807, 2.05) is 35.1 Å². The molecule has 0 N–H and O–H groups in total. The van der Waals surface area contributed by atoms with Crippen molar-refractivity contribution in [2.24, 2.45) is 0 Å². The van der Waals surface area contributed by atoms with Gasteiger partial charge in [0.1, 0.15) is 30.6 Å². The summed E-state index contributed by atoms with van der Waals surface area (Å²) in [6, 6.07) is 12.7. The zero-order valence-electron chi connectivity index (χ0n) is 21.3. The van der Waals surface area contributed by atoms with Gasteiger partial charge >= 0.3 is 6.18 Å². The average Bonchev–Trinajstić information content (AvgIpc) is 3.58. The molecular weight excluding hydrogens is 509 g/mol. The molecule has 0 amide bonds. The van der Waals surface area contributed by atoms with E-state index in [0.717, 1.165) is 74.1 Å². The highest BCUT2D eigenvalue weighted by Crippen LogP contribution is 2.29. The summed E-state index contributed by atoms with van der Waals surface area (Å²) in [5, 5.41) is 8.31. The molecule has 0 saturated heterocycles. The van der Waals surface area contributed by atoms with Crippen molar-refractivity contribution in [3.63, 3.8) is 0 Å². The molecule has 0 aliphatic carbocycles. The molecule has 0 atom stereocenters. The second kappa shape index (κ2) is 13.5. The van der Waals surface area contributed by atoms with E-state index in [9.17, 15) is 18.0 Å². The summed E-state index contributed by atoms with van der Waals surface area (Å²) in [6.07, 6.45) is 8.04. The summed E-state index contributed by atoms with van der Waals surface area (Å²) < 4.78 is 51.4.